The maximum absolute atomic E-state index is 6.88. The molecule has 164 valence electrons. The van der Waals surface area contributed by atoms with Crippen LogP contribution < -0.4 is 0 Å². The van der Waals surface area contributed by atoms with Gasteiger partial charge < -0.3 is 4.43 Å². The van der Waals surface area contributed by atoms with Crippen molar-refractivity contribution >= 4 is 8.32 Å². The van der Waals surface area contributed by atoms with E-state index in [1.165, 1.54) is 51.4 Å². The molecule has 4 aliphatic carbocycles. The van der Waals surface area contributed by atoms with Crippen LogP contribution >= 0.6 is 0 Å². The summed E-state index contributed by atoms with van der Waals surface area (Å²) in [6, 6.07) is 0. The van der Waals surface area contributed by atoms with Crippen molar-refractivity contribution in [3.05, 3.63) is 23.3 Å². The Morgan fingerprint density at radius 3 is 2.34 bits per heavy atom. The van der Waals surface area contributed by atoms with Crippen molar-refractivity contribution in [2.24, 2.45) is 28.6 Å². The molecule has 0 bridgehead atoms. The summed E-state index contributed by atoms with van der Waals surface area (Å²) >= 11 is 0. The van der Waals surface area contributed by atoms with Gasteiger partial charge >= 0.3 is 0 Å². The first kappa shape index (κ1) is 21.9. The summed E-state index contributed by atoms with van der Waals surface area (Å²) in [5, 5.41) is 0.306. The molecule has 0 aromatic rings. The Balaban J connectivity index is 1.54. The van der Waals surface area contributed by atoms with E-state index in [0.29, 0.717) is 22.0 Å². The number of allylic oxidation sites excluding steroid dienone is 3. The lowest BCUT2D eigenvalue weighted by atomic mass is 9.48. The normalized spacial score (nSPS) is 44.1. The van der Waals surface area contributed by atoms with Crippen LogP contribution in [-0.4, -0.2) is 14.4 Å². The third kappa shape index (κ3) is 3.36. The van der Waals surface area contributed by atoms with Gasteiger partial charge in [-0.15, -0.1) is 0 Å². The Hall–Kier alpha value is -0.343. The minimum atomic E-state index is -1.68. The van der Waals surface area contributed by atoms with E-state index in [9.17, 15) is 0 Å². The number of fused-ring (bicyclic) bond motifs is 5. The first-order valence-electron chi connectivity index (χ1n) is 12.5. The molecule has 0 unspecified atom stereocenters. The van der Waals surface area contributed by atoms with Crippen molar-refractivity contribution in [1.29, 1.82) is 0 Å². The maximum atomic E-state index is 6.88. The summed E-state index contributed by atoms with van der Waals surface area (Å²) in [7, 11) is -1.68. The zero-order valence-corrected chi connectivity index (χ0v) is 21.5. The highest BCUT2D eigenvalue weighted by Gasteiger charge is 2.57. The molecule has 0 saturated heterocycles. The highest BCUT2D eigenvalue weighted by molar-refractivity contribution is 6.74. The van der Waals surface area contributed by atoms with E-state index in [2.05, 4.69) is 66.8 Å². The van der Waals surface area contributed by atoms with E-state index >= 15 is 0 Å². The van der Waals surface area contributed by atoms with Crippen LogP contribution in [0.2, 0.25) is 18.1 Å². The average Bonchev–Trinajstić information content (AvgIpc) is 2.97. The molecule has 1 nitrogen and oxygen atoms in total. The molecular weight excluding hydrogens is 368 g/mol. The fourth-order valence-electron chi connectivity index (χ4n) is 7.64. The SMILES string of the molecule is CC=C1CC[C@H]2[C@@H]3CC=C4C[C@@H](O[Si](C)(C)C(C)(C)C)CC[C@]4(C)[C@H]3CC[C@]12C. The average molecular weight is 415 g/mol. The highest BCUT2D eigenvalue weighted by atomic mass is 28.4. The van der Waals surface area contributed by atoms with Crippen LogP contribution in [0.3, 0.4) is 0 Å². The molecule has 0 spiro atoms. The molecule has 29 heavy (non-hydrogen) atoms. The molecule has 0 radical (unpaired) electrons. The lowest BCUT2D eigenvalue weighted by Gasteiger charge is -2.58. The van der Waals surface area contributed by atoms with Crippen LogP contribution in [0.25, 0.3) is 0 Å². The Kier molecular flexibility index (Phi) is 5.35. The lowest BCUT2D eigenvalue weighted by molar-refractivity contribution is -0.0254. The van der Waals surface area contributed by atoms with Crippen molar-refractivity contribution < 1.29 is 4.43 Å². The second kappa shape index (κ2) is 7.09. The van der Waals surface area contributed by atoms with Crippen molar-refractivity contribution in [1.82, 2.24) is 0 Å². The van der Waals surface area contributed by atoms with Gasteiger partial charge in [-0.05, 0) is 105 Å². The van der Waals surface area contributed by atoms with Gasteiger partial charge in [0.15, 0.2) is 8.32 Å². The molecule has 3 fully saturated rings. The fraction of sp³-hybridized carbons (Fsp3) is 0.852. The Bertz CT molecular complexity index is 711. The van der Waals surface area contributed by atoms with Crippen LogP contribution in [-0.2, 0) is 4.43 Å². The number of hydrogen-bond acceptors (Lipinski definition) is 1. The quantitative estimate of drug-likeness (QED) is 0.326. The second-order valence-electron chi connectivity index (χ2n) is 12.8. The predicted molar refractivity (Wildman–Crippen MR) is 128 cm³/mol. The van der Waals surface area contributed by atoms with E-state index in [4.69, 9.17) is 4.43 Å². The van der Waals surface area contributed by atoms with Gasteiger partial charge in [0.25, 0.3) is 0 Å². The molecule has 2 heteroatoms. The zero-order valence-electron chi connectivity index (χ0n) is 20.5. The van der Waals surface area contributed by atoms with Crippen LogP contribution in [0, 0.1) is 28.6 Å². The first-order valence-corrected chi connectivity index (χ1v) is 15.4. The van der Waals surface area contributed by atoms with Crippen molar-refractivity contribution in [3.8, 4) is 0 Å². The number of rotatable bonds is 2. The lowest BCUT2D eigenvalue weighted by Crippen LogP contribution is -2.51. The number of hydrogen-bond donors (Lipinski definition) is 0. The standard InChI is InChI=1S/C27H46OSi/c1-9-19-11-13-23-22-12-10-20-18-21(28-29(7,8)25(2,3)4)14-16-27(20,6)24(22)15-17-26(19,23)5/h9-10,21-24H,11-18H2,1-8H3/t21-,22-,23-,24-,26+,27-/m0/s1. The van der Waals surface area contributed by atoms with E-state index in [1.54, 1.807) is 11.1 Å². The Morgan fingerprint density at radius 2 is 1.69 bits per heavy atom. The van der Waals surface area contributed by atoms with E-state index < -0.39 is 8.32 Å². The van der Waals surface area contributed by atoms with Gasteiger partial charge in [0.05, 0.1) is 0 Å². The molecule has 0 aliphatic heterocycles. The highest BCUT2D eigenvalue weighted by Crippen LogP contribution is 2.66. The van der Waals surface area contributed by atoms with Crippen LogP contribution in [0.5, 0.6) is 0 Å². The largest absolute Gasteiger partial charge is 0.414 e. The molecule has 0 N–H and O–H groups in total. The molecule has 0 aromatic carbocycles. The van der Waals surface area contributed by atoms with Crippen molar-refractivity contribution in [2.45, 2.75) is 117 Å². The van der Waals surface area contributed by atoms with Gasteiger partial charge in [-0.2, -0.15) is 0 Å². The van der Waals surface area contributed by atoms with Crippen LogP contribution in [0.1, 0.15) is 92.9 Å². The molecule has 0 aromatic heterocycles. The molecule has 4 aliphatic rings. The van der Waals surface area contributed by atoms with Crippen LogP contribution in [0.4, 0.5) is 0 Å². The predicted octanol–water partition coefficient (Wildman–Crippen LogP) is 8.29. The molecule has 3 saturated carbocycles. The van der Waals surface area contributed by atoms with Gasteiger partial charge in [-0.3, -0.25) is 0 Å². The van der Waals surface area contributed by atoms with Gasteiger partial charge in [-0.1, -0.05) is 57.9 Å². The Labute approximate surface area is 181 Å². The zero-order chi connectivity index (χ0) is 21.2. The summed E-state index contributed by atoms with van der Waals surface area (Å²) in [6.45, 7) is 19.5. The van der Waals surface area contributed by atoms with E-state index in [1.807, 2.05) is 0 Å². The summed E-state index contributed by atoms with van der Waals surface area (Å²) in [5.74, 6) is 2.74. The van der Waals surface area contributed by atoms with Crippen molar-refractivity contribution in [3.63, 3.8) is 0 Å². The third-order valence-electron chi connectivity index (χ3n) is 10.5. The molecule has 0 heterocycles. The molecular formula is C27H46OSi. The molecule has 4 rings (SSSR count). The fourth-order valence-corrected chi connectivity index (χ4v) is 9.03. The maximum Gasteiger partial charge on any atom is 0.192 e. The van der Waals surface area contributed by atoms with Gasteiger partial charge in [0.1, 0.15) is 0 Å². The topological polar surface area (TPSA) is 9.23 Å². The summed E-state index contributed by atoms with van der Waals surface area (Å²) in [6.07, 6.45) is 16.4. The minimum absolute atomic E-state index is 0.306. The Morgan fingerprint density at radius 1 is 1.03 bits per heavy atom. The summed E-state index contributed by atoms with van der Waals surface area (Å²) < 4.78 is 6.88. The summed E-state index contributed by atoms with van der Waals surface area (Å²) in [4.78, 5) is 0. The van der Waals surface area contributed by atoms with E-state index in [0.717, 1.165) is 17.8 Å². The van der Waals surface area contributed by atoms with Gasteiger partial charge in [0, 0.05) is 6.10 Å². The summed E-state index contributed by atoms with van der Waals surface area (Å²) in [5.41, 5.74) is 4.48. The van der Waals surface area contributed by atoms with Crippen LogP contribution in [0.15, 0.2) is 23.3 Å². The monoisotopic (exact) mass is 414 g/mol. The first-order chi connectivity index (χ1) is 13.4. The molecule has 0 amide bonds. The minimum Gasteiger partial charge on any atom is -0.414 e. The third-order valence-corrected chi connectivity index (χ3v) is 15.1. The second-order valence-corrected chi connectivity index (χ2v) is 17.6. The smallest absolute Gasteiger partial charge is 0.192 e. The van der Waals surface area contributed by atoms with Gasteiger partial charge in [0.2, 0.25) is 0 Å². The van der Waals surface area contributed by atoms with E-state index in [-0.39, 0.29) is 0 Å². The molecule has 6 atom stereocenters. The van der Waals surface area contributed by atoms with Crippen molar-refractivity contribution in [2.75, 3.05) is 0 Å². The van der Waals surface area contributed by atoms with Gasteiger partial charge in [-0.25, -0.2) is 0 Å².